The zero-order valence-electron chi connectivity index (χ0n) is 9.43. The van der Waals surface area contributed by atoms with Crippen molar-refractivity contribution in [2.75, 3.05) is 7.11 Å². The predicted molar refractivity (Wildman–Crippen MR) is 60.9 cm³/mol. The fourth-order valence-electron chi connectivity index (χ4n) is 1.75. The molecule has 0 radical (unpaired) electrons. The fourth-order valence-corrected chi connectivity index (χ4v) is 1.75. The molecule has 0 aromatic carbocycles. The monoisotopic (exact) mass is 233 g/mol. The zero-order chi connectivity index (χ0) is 12.6. The molecule has 5 heteroatoms. The van der Waals surface area contributed by atoms with Gasteiger partial charge in [-0.3, -0.25) is 4.79 Å². The molecule has 88 valence electrons. The van der Waals surface area contributed by atoms with Crippen LogP contribution in [0.25, 0.3) is 5.52 Å². The number of carboxylic acid groups (broad SMARTS) is 1. The Morgan fingerprint density at radius 3 is 2.59 bits per heavy atom. The summed E-state index contributed by atoms with van der Waals surface area (Å²) in [6.07, 6.45) is 1.57. The van der Waals surface area contributed by atoms with E-state index in [1.165, 1.54) is 24.5 Å². The molecule has 0 aliphatic rings. The Bertz CT molecular complexity index is 612. The highest BCUT2D eigenvalue weighted by Gasteiger charge is 2.17. The number of fused-ring (bicyclic) bond motifs is 1. The van der Waals surface area contributed by atoms with Gasteiger partial charge in [0.15, 0.2) is 5.78 Å². The van der Waals surface area contributed by atoms with Crippen molar-refractivity contribution in [3.63, 3.8) is 0 Å². The Morgan fingerprint density at radius 1 is 1.35 bits per heavy atom. The maximum atomic E-state index is 11.4. The van der Waals surface area contributed by atoms with Gasteiger partial charge in [0.2, 0.25) is 0 Å². The smallest absolute Gasteiger partial charge is 0.352 e. The zero-order valence-corrected chi connectivity index (χ0v) is 9.43. The average molecular weight is 233 g/mol. The van der Waals surface area contributed by atoms with Crippen molar-refractivity contribution in [3.8, 4) is 5.75 Å². The summed E-state index contributed by atoms with van der Waals surface area (Å²) in [4.78, 5) is 22.5. The van der Waals surface area contributed by atoms with Crippen molar-refractivity contribution in [1.82, 2.24) is 4.40 Å². The summed E-state index contributed by atoms with van der Waals surface area (Å²) >= 11 is 0. The molecule has 0 saturated heterocycles. The van der Waals surface area contributed by atoms with Crippen molar-refractivity contribution in [3.05, 3.63) is 35.7 Å². The highest BCUT2D eigenvalue weighted by atomic mass is 16.5. The van der Waals surface area contributed by atoms with Crippen LogP contribution in [0.5, 0.6) is 5.75 Å². The van der Waals surface area contributed by atoms with Gasteiger partial charge in [-0.15, -0.1) is 0 Å². The average Bonchev–Trinajstić information content (AvgIpc) is 2.67. The molecular weight excluding hydrogens is 222 g/mol. The van der Waals surface area contributed by atoms with Crippen LogP contribution in [0.4, 0.5) is 0 Å². The van der Waals surface area contributed by atoms with E-state index in [2.05, 4.69) is 0 Å². The Labute approximate surface area is 97.2 Å². The summed E-state index contributed by atoms with van der Waals surface area (Å²) in [5.41, 5.74) is 0.975. The molecule has 2 heterocycles. The Hall–Kier alpha value is -2.30. The van der Waals surface area contributed by atoms with E-state index >= 15 is 0 Å². The molecule has 0 bridgehead atoms. The molecule has 0 saturated carbocycles. The lowest BCUT2D eigenvalue weighted by Crippen LogP contribution is -2.01. The number of carboxylic acids is 1. The van der Waals surface area contributed by atoms with Crippen LogP contribution in [0.3, 0.4) is 0 Å². The standard InChI is InChI=1S/C12H11NO4/c1-7(14)9-6-11(12(15)16)13-4-3-8(17-2)5-10(9)13/h3-6H,1-2H3,(H,15,16). The number of carbonyl (C=O) groups is 2. The number of ether oxygens (including phenoxy) is 1. The second-order valence-electron chi connectivity index (χ2n) is 3.63. The second kappa shape index (κ2) is 3.93. The molecule has 5 nitrogen and oxygen atoms in total. The summed E-state index contributed by atoms with van der Waals surface area (Å²) in [7, 11) is 1.51. The molecule has 0 spiro atoms. The van der Waals surface area contributed by atoms with Crippen molar-refractivity contribution < 1.29 is 19.4 Å². The summed E-state index contributed by atoms with van der Waals surface area (Å²) < 4.78 is 6.51. The lowest BCUT2D eigenvalue weighted by Gasteiger charge is -2.02. The number of hydrogen-bond donors (Lipinski definition) is 1. The molecule has 0 aliphatic heterocycles. The van der Waals surface area contributed by atoms with Crippen LogP contribution in [0.15, 0.2) is 24.4 Å². The first-order valence-corrected chi connectivity index (χ1v) is 4.98. The van der Waals surface area contributed by atoms with Crippen molar-refractivity contribution in [2.45, 2.75) is 6.92 Å². The van der Waals surface area contributed by atoms with Gasteiger partial charge in [0, 0.05) is 17.8 Å². The maximum absolute atomic E-state index is 11.4. The SMILES string of the molecule is COc1ccn2c(C(=O)O)cc(C(C)=O)c2c1. The fraction of sp³-hybridized carbons (Fsp3) is 0.167. The Kier molecular flexibility index (Phi) is 2.59. The summed E-state index contributed by atoms with van der Waals surface area (Å²) in [6, 6.07) is 4.66. The van der Waals surface area contributed by atoms with Gasteiger partial charge in [0.1, 0.15) is 11.4 Å². The van der Waals surface area contributed by atoms with Crippen LogP contribution in [0.1, 0.15) is 27.8 Å². The number of Topliss-reactive ketones (excluding diaryl/α,β-unsaturated/α-hetero) is 1. The minimum absolute atomic E-state index is 0.0628. The molecule has 2 rings (SSSR count). The molecule has 0 unspecified atom stereocenters. The van der Waals surface area contributed by atoms with Crippen LogP contribution in [-0.4, -0.2) is 28.4 Å². The number of carbonyl (C=O) groups excluding carboxylic acids is 1. The lowest BCUT2D eigenvalue weighted by molar-refractivity contribution is 0.0689. The van der Waals surface area contributed by atoms with E-state index in [0.717, 1.165) is 0 Å². The number of nitrogens with zero attached hydrogens (tertiary/aromatic N) is 1. The second-order valence-corrected chi connectivity index (χ2v) is 3.63. The molecular formula is C12H11NO4. The highest BCUT2D eigenvalue weighted by Crippen LogP contribution is 2.22. The van der Waals surface area contributed by atoms with Crippen LogP contribution in [0.2, 0.25) is 0 Å². The molecule has 1 N–H and O–H groups in total. The highest BCUT2D eigenvalue weighted by molar-refractivity contribution is 6.04. The molecule has 2 aromatic heterocycles. The number of pyridine rings is 1. The van der Waals surface area contributed by atoms with E-state index in [0.29, 0.717) is 16.8 Å². The van der Waals surface area contributed by atoms with Crippen molar-refractivity contribution >= 4 is 17.3 Å². The first-order chi connectivity index (χ1) is 8.04. The number of hydrogen-bond acceptors (Lipinski definition) is 3. The van der Waals surface area contributed by atoms with Crippen LogP contribution < -0.4 is 4.74 Å². The van der Waals surface area contributed by atoms with E-state index in [4.69, 9.17) is 9.84 Å². The normalized spacial score (nSPS) is 10.5. The molecule has 0 aliphatic carbocycles. The van der Waals surface area contributed by atoms with Gasteiger partial charge in [-0.2, -0.15) is 0 Å². The van der Waals surface area contributed by atoms with Gasteiger partial charge in [-0.1, -0.05) is 0 Å². The lowest BCUT2D eigenvalue weighted by atomic mass is 10.2. The van der Waals surface area contributed by atoms with Gasteiger partial charge < -0.3 is 14.2 Å². The Morgan fingerprint density at radius 2 is 2.06 bits per heavy atom. The van der Waals surface area contributed by atoms with Crippen molar-refractivity contribution in [1.29, 1.82) is 0 Å². The number of ketones is 1. The number of aromatic carboxylic acids is 1. The first kappa shape index (κ1) is 11.2. The van der Waals surface area contributed by atoms with E-state index in [1.54, 1.807) is 18.3 Å². The summed E-state index contributed by atoms with van der Waals surface area (Å²) in [5.74, 6) is -0.670. The van der Waals surface area contributed by atoms with Gasteiger partial charge in [-0.25, -0.2) is 4.79 Å². The Balaban J connectivity index is 2.81. The van der Waals surface area contributed by atoms with E-state index in [1.807, 2.05) is 0 Å². The molecule has 0 atom stereocenters. The number of methoxy groups -OCH3 is 1. The van der Waals surface area contributed by atoms with Gasteiger partial charge in [-0.05, 0) is 19.1 Å². The van der Waals surface area contributed by atoms with Gasteiger partial charge in [0.05, 0.1) is 12.6 Å². The summed E-state index contributed by atoms with van der Waals surface area (Å²) in [5, 5.41) is 9.04. The minimum Gasteiger partial charge on any atom is -0.497 e. The van der Waals surface area contributed by atoms with Crippen LogP contribution in [0, 0.1) is 0 Å². The first-order valence-electron chi connectivity index (χ1n) is 4.98. The third-order valence-corrected chi connectivity index (χ3v) is 2.58. The largest absolute Gasteiger partial charge is 0.497 e. The predicted octanol–water partition coefficient (Wildman–Crippen LogP) is 1.85. The van der Waals surface area contributed by atoms with Crippen molar-refractivity contribution in [2.24, 2.45) is 0 Å². The van der Waals surface area contributed by atoms with E-state index in [-0.39, 0.29) is 11.5 Å². The topological polar surface area (TPSA) is 68.0 Å². The quantitative estimate of drug-likeness (QED) is 0.821. The number of aromatic nitrogens is 1. The van der Waals surface area contributed by atoms with Gasteiger partial charge >= 0.3 is 5.97 Å². The minimum atomic E-state index is -1.07. The maximum Gasteiger partial charge on any atom is 0.352 e. The molecule has 2 aromatic rings. The number of rotatable bonds is 3. The third kappa shape index (κ3) is 1.75. The summed E-state index contributed by atoms with van der Waals surface area (Å²) in [6.45, 7) is 1.40. The van der Waals surface area contributed by atoms with Crippen LogP contribution >= 0.6 is 0 Å². The third-order valence-electron chi connectivity index (χ3n) is 2.58. The van der Waals surface area contributed by atoms with Crippen LogP contribution in [-0.2, 0) is 0 Å². The molecule has 0 fully saturated rings. The van der Waals surface area contributed by atoms with E-state index in [9.17, 15) is 9.59 Å². The van der Waals surface area contributed by atoms with Gasteiger partial charge in [0.25, 0.3) is 0 Å². The molecule has 17 heavy (non-hydrogen) atoms. The molecule has 0 amide bonds. The van der Waals surface area contributed by atoms with E-state index < -0.39 is 5.97 Å².